The molecule has 82 valence electrons. The molecule has 2 unspecified atom stereocenters. The normalized spacial score (nSPS) is 41.8. The number of ether oxygens (including phenoxy) is 2. The lowest BCUT2D eigenvalue weighted by Crippen LogP contribution is -2.61. The van der Waals surface area contributed by atoms with Gasteiger partial charge in [-0.2, -0.15) is 0 Å². The molecular formula is C11H21NO2. The Bertz CT molecular complexity index is 209. The fourth-order valence-corrected chi connectivity index (χ4v) is 2.40. The van der Waals surface area contributed by atoms with Crippen molar-refractivity contribution in [3.05, 3.63) is 0 Å². The second-order valence-electron chi connectivity index (χ2n) is 5.08. The highest BCUT2D eigenvalue weighted by Gasteiger charge is 2.52. The van der Waals surface area contributed by atoms with Crippen LogP contribution in [0.2, 0.25) is 0 Å². The summed E-state index contributed by atoms with van der Waals surface area (Å²) in [7, 11) is 0. The van der Waals surface area contributed by atoms with Crippen LogP contribution in [0.15, 0.2) is 0 Å². The smallest absolute Gasteiger partial charge is 0.108 e. The lowest BCUT2D eigenvalue weighted by molar-refractivity contribution is -0.198. The van der Waals surface area contributed by atoms with Crippen molar-refractivity contribution in [2.45, 2.75) is 45.4 Å². The van der Waals surface area contributed by atoms with Gasteiger partial charge in [-0.05, 0) is 6.42 Å². The maximum Gasteiger partial charge on any atom is 0.108 e. The zero-order chi connectivity index (χ0) is 10.2. The third kappa shape index (κ3) is 1.47. The third-order valence-corrected chi connectivity index (χ3v) is 3.73. The van der Waals surface area contributed by atoms with E-state index in [1.165, 1.54) is 0 Å². The molecule has 14 heavy (non-hydrogen) atoms. The standard InChI is InChI=1S/C11H21NO2/c1-4-9-12-7-10(2,3)11(14-9)5-6-13-8-11/h9,12H,4-8H2,1-3H3. The molecule has 2 aliphatic rings. The Morgan fingerprint density at radius 3 is 2.79 bits per heavy atom. The minimum atomic E-state index is -0.0427. The van der Waals surface area contributed by atoms with Gasteiger partial charge in [0.1, 0.15) is 11.8 Å². The van der Waals surface area contributed by atoms with Crippen LogP contribution < -0.4 is 5.32 Å². The van der Waals surface area contributed by atoms with Crippen LogP contribution in [0.1, 0.15) is 33.6 Å². The van der Waals surface area contributed by atoms with E-state index in [1.807, 2.05) is 0 Å². The molecule has 1 N–H and O–H groups in total. The molecule has 2 saturated heterocycles. The Morgan fingerprint density at radius 1 is 1.43 bits per heavy atom. The number of hydrogen-bond acceptors (Lipinski definition) is 3. The first-order valence-corrected chi connectivity index (χ1v) is 5.59. The SMILES string of the molecule is CCC1NCC(C)(C)C2(CCOC2)O1. The van der Waals surface area contributed by atoms with Gasteiger partial charge < -0.3 is 9.47 Å². The molecule has 2 rings (SSSR count). The molecular weight excluding hydrogens is 178 g/mol. The fourth-order valence-electron chi connectivity index (χ4n) is 2.40. The highest BCUT2D eigenvalue weighted by molar-refractivity contribution is 5.02. The van der Waals surface area contributed by atoms with E-state index >= 15 is 0 Å². The molecule has 0 bridgehead atoms. The minimum absolute atomic E-state index is 0.0427. The minimum Gasteiger partial charge on any atom is -0.378 e. The molecule has 0 aliphatic carbocycles. The van der Waals surface area contributed by atoms with E-state index in [1.54, 1.807) is 0 Å². The van der Waals surface area contributed by atoms with Crippen molar-refractivity contribution in [2.24, 2.45) is 5.41 Å². The van der Waals surface area contributed by atoms with Crippen molar-refractivity contribution in [1.82, 2.24) is 5.32 Å². The molecule has 2 atom stereocenters. The van der Waals surface area contributed by atoms with Crippen LogP contribution in [-0.2, 0) is 9.47 Å². The van der Waals surface area contributed by atoms with E-state index in [0.717, 1.165) is 32.6 Å². The first-order chi connectivity index (χ1) is 6.60. The van der Waals surface area contributed by atoms with Crippen molar-refractivity contribution < 1.29 is 9.47 Å². The van der Waals surface area contributed by atoms with Gasteiger partial charge in [-0.15, -0.1) is 0 Å². The predicted octanol–water partition coefficient (Wildman–Crippen LogP) is 1.53. The summed E-state index contributed by atoms with van der Waals surface area (Å²) in [4.78, 5) is 0. The maximum atomic E-state index is 6.16. The van der Waals surface area contributed by atoms with Gasteiger partial charge in [0.25, 0.3) is 0 Å². The first-order valence-electron chi connectivity index (χ1n) is 5.59. The average Bonchev–Trinajstić information content (AvgIpc) is 2.60. The summed E-state index contributed by atoms with van der Waals surface area (Å²) >= 11 is 0. The van der Waals surface area contributed by atoms with Crippen LogP contribution in [0.4, 0.5) is 0 Å². The largest absolute Gasteiger partial charge is 0.378 e. The summed E-state index contributed by atoms with van der Waals surface area (Å²) < 4.78 is 11.7. The van der Waals surface area contributed by atoms with Gasteiger partial charge in [-0.3, -0.25) is 5.32 Å². The van der Waals surface area contributed by atoms with Crippen LogP contribution in [0.3, 0.4) is 0 Å². The van der Waals surface area contributed by atoms with Crippen LogP contribution in [0.5, 0.6) is 0 Å². The first kappa shape index (κ1) is 10.4. The summed E-state index contributed by atoms with van der Waals surface area (Å²) in [6, 6.07) is 0. The van der Waals surface area contributed by atoms with Crippen LogP contribution in [0.25, 0.3) is 0 Å². The van der Waals surface area contributed by atoms with Crippen LogP contribution >= 0.6 is 0 Å². The number of hydrogen-bond donors (Lipinski definition) is 1. The van der Waals surface area contributed by atoms with Crippen molar-refractivity contribution in [3.8, 4) is 0 Å². The highest BCUT2D eigenvalue weighted by atomic mass is 16.6. The number of nitrogens with one attached hydrogen (secondary N) is 1. The Morgan fingerprint density at radius 2 is 2.21 bits per heavy atom. The summed E-state index contributed by atoms with van der Waals surface area (Å²) in [6.07, 6.45) is 2.28. The summed E-state index contributed by atoms with van der Waals surface area (Å²) in [5.74, 6) is 0. The molecule has 3 heteroatoms. The van der Waals surface area contributed by atoms with E-state index in [9.17, 15) is 0 Å². The Labute approximate surface area is 86.2 Å². The molecule has 0 amide bonds. The van der Waals surface area contributed by atoms with Gasteiger partial charge >= 0.3 is 0 Å². The lowest BCUT2D eigenvalue weighted by atomic mass is 9.73. The Kier molecular flexibility index (Phi) is 2.58. The molecule has 2 fully saturated rings. The Hall–Kier alpha value is -0.120. The fraction of sp³-hybridized carbons (Fsp3) is 1.00. The molecule has 0 aromatic carbocycles. The van der Waals surface area contributed by atoms with E-state index in [0.29, 0.717) is 0 Å². The zero-order valence-electron chi connectivity index (χ0n) is 9.43. The molecule has 1 spiro atoms. The third-order valence-electron chi connectivity index (χ3n) is 3.73. The highest BCUT2D eigenvalue weighted by Crippen LogP contribution is 2.43. The van der Waals surface area contributed by atoms with Gasteiger partial charge in [0, 0.05) is 25.0 Å². The molecule has 0 aromatic rings. The van der Waals surface area contributed by atoms with Gasteiger partial charge in [-0.25, -0.2) is 0 Å². The van der Waals surface area contributed by atoms with E-state index in [-0.39, 0.29) is 17.2 Å². The van der Waals surface area contributed by atoms with Gasteiger partial charge in [-0.1, -0.05) is 20.8 Å². The second-order valence-corrected chi connectivity index (χ2v) is 5.08. The van der Waals surface area contributed by atoms with Crippen LogP contribution in [-0.4, -0.2) is 31.6 Å². The molecule has 0 radical (unpaired) electrons. The quantitative estimate of drug-likeness (QED) is 0.694. The Balaban J connectivity index is 2.16. The maximum absolute atomic E-state index is 6.16. The average molecular weight is 199 g/mol. The number of rotatable bonds is 1. The van der Waals surface area contributed by atoms with Crippen molar-refractivity contribution in [1.29, 1.82) is 0 Å². The molecule has 3 nitrogen and oxygen atoms in total. The topological polar surface area (TPSA) is 30.5 Å². The zero-order valence-corrected chi connectivity index (χ0v) is 9.43. The monoisotopic (exact) mass is 199 g/mol. The second kappa shape index (κ2) is 3.47. The van der Waals surface area contributed by atoms with E-state index in [4.69, 9.17) is 9.47 Å². The summed E-state index contributed by atoms with van der Waals surface area (Å²) in [5.41, 5.74) is 0.133. The van der Waals surface area contributed by atoms with Crippen molar-refractivity contribution in [2.75, 3.05) is 19.8 Å². The summed E-state index contributed by atoms with van der Waals surface area (Å²) in [5, 5.41) is 3.43. The van der Waals surface area contributed by atoms with Gasteiger partial charge in [0.15, 0.2) is 0 Å². The van der Waals surface area contributed by atoms with Gasteiger partial charge in [0.2, 0.25) is 0 Å². The van der Waals surface area contributed by atoms with Crippen molar-refractivity contribution >= 4 is 0 Å². The van der Waals surface area contributed by atoms with E-state index < -0.39 is 0 Å². The van der Waals surface area contributed by atoms with Crippen molar-refractivity contribution in [3.63, 3.8) is 0 Å². The summed E-state index contributed by atoms with van der Waals surface area (Å²) in [6.45, 7) is 9.31. The molecule has 0 aromatic heterocycles. The lowest BCUT2D eigenvalue weighted by Gasteiger charge is -2.49. The molecule has 2 heterocycles. The molecule has 2 aliphatic heterocycles. The van der Waals surface area contributed by atoms with E-state index in [2.05, 4.69) is 26.1 Å². The molecule has 0 saturated carbocycles. The van der Waals surface area contributed by atoms with Crippen LogP contribution in [0, 0.1) is 5.41 Å². The predicted molar refractivity (Wildman–Crippen MR) is 55.1 cm³/mol. The van der Waals surface area contributed by atoms with Gasteiger partial charge in [0.05, 0.1) is 6.61 Å².